The summed E-state index contributed by atoms with van der Waals surface area (Å²) < 4.78 is 10.7. The number of hydrogen-bond acceptors (Lipinski definition) is 2. The molecule has 0 aliphatic carbocycles. The minimum Gasteiger partial charge on any atom is -0.496 e. The lowest BCUT2D eigenvalue weighted by molar-refractivity contribution is 0.0333. The molecular weight excluding hydrogens is 176 g/mol. The third kappa shape index (κ3) is 3.23. The number of allylic oxidation sites excluding steroid dienone is 1. The Bertz CT molecular complexity index is 280. The number of hydrogen-bond donors (Lipinski definition) is 0. The van der Waals surface area contributed by atoms with Crippen LogP contribution in [0.2, 0.25) is 0 Å². The van der Waals surface area contributed by atoms with E-state index >= 15 is 0 Å². The molecule has 1 rings (SSSR count). The highest BCUT2D eigenvalue weighted by atomic mass is 16.5. The summed E-state index contributed by atoms with van der Waals surface area (Å²) in [6.45, 7) is 6.02. The van der Waals surface area contributed by atoms with E-state index in [2.05, 4.69) is 6.58 Å². The summed E-state index contributed by atoms with van der Waals surface area (Å²) in [5.41, 5.74) is 1.12. The van der Waals surface area contributed by atoms with Crippen molar-refractivity contribution in [2.24, 2.45) is 0 Å². The molecule has 0 N–H and O–H groups in total. The van der Waals surface area contributed by atoms with E-state index in [0.717, 1.165) is 5.56 Å². The third-order valence-electron chi connectivity index (χ3n) is 1.94. The Balaban J connectivity index is 2.58. The molecule has 0 aromatic heterocycles. The van der Waals surface area contributed by atoms with Crippen molar-refractivity contribution in [3.63, 3.8) is 0 Å². The molecule has 76 valence electrons. The van der Waals surface area contributed by atoms with Crippen molar-refractivity contribution >= 4 is 0 Å². The molecule has 0 saturated heterocycles. The lowest BCUT2D eigenvalue weighted by Gasteiger charge is -2.16. The maximum atomic E-state index is 5.33. The fourth-order valence-electron chi connectivity index (χ4n) is 1.19. The first-order valence-electron chi connectivity index (χ1n) is 4.60. The Morgan fingerprint density at radius 3 is 2.50 bits per heavy atom. The summed E-state index contributed by atoms with van der Waals surface area (Å²) in [4.78, 5) is 0. The average molecular weight is 192 g/mol. The second-order valence-corrected chi connectivity index (χ2v) is 3.15. The van der Waals surface area contributed by atoms with Crippen molar-refractivity contribution in [2.45, 2.75) is 13.0 Å². The summed E-state index contributed by atoms with van der Waals surface area (Å²) in [6, 6.07) is 10.0. The molecular formula is C12H16O2. The monoisotopic (exact) mass is 192 g/mol. The van der Waals surface area contributed by atoms with Gasteiger partial charge in [-0.25, -0.2) is 0 Å². The lowest BCUT2D eigenvalue weighted by atomic mass is 10.1. The van der Waals surface area contributed by atoms with Crippen molar-refractivity contribution in [1.29, 1.82) is 0 Å². The Morgan fingerprint density at radius 2 is 2.00 bits per heavy atom. The van der Waals surface area contributed by atoms with Gasteiger partial charge in [0.2, 0.25) is 0 Å². The Kier molecular flexibility index (Phi) is 4.20. The summed E-state index contributed by atoms with van der Waals surface area (Å²) in [6.07, 6.45) is -0.0205. The Morgan fingerprint density at radius 1 is 1.36 bits per heavy atom. The molecule has 0 aliphatic rings. The van der Waals surface area contributed by atoms with Crippen LogP contribution in [0.1, 0.15) is 18.6 Å². The first kappa shape index (κ1) is 10.8. The Hall–Kier alpha value is -1.28. The smallest absolute Gasteiger partial charge is 0.118 e. The van der Waals surface area contributed by atoms with E-state index in [1.54, 1.807) is 7.11 Å². The third-order valence-corrected chi connectivity index (χ3v) is 1.94. The second kappa shape index (κ2) is 5.45. The molecule has 1 aromatic carbocycles. The second-order valence-electron chi connectivity index (χ2n) is 3.15. The van der Waals surface area contributed by atoms with Crippen LogP contribution in [0.4, 0.5) is 0 Å². The molecule has 0 radical (unpaired) electrons. The maximum absolute atomic E-state index is 5.33. The largest absolute Gasteiger partial charge is 0.496 e. The summed E-state index contributed by atoms with van der Waals surface area (Å²) in [5.74, 6) is 0.711. The topological polar surface area (TPSA) is 18.5 Å². The molecule has 0 saturated carbocycles. The molecule has 0 amide bonds. The van der Waals surface area contributed by atoms with E-state index in [1.807, 2.05) is 37.3 Å². The van der Waals surface area contributed by atoms with Crippen molar-refractivity contribution < 1.29 is 9.47 Å². The van der Waals surface area contributed by atoms with E-state index in [1.165, 1.54) is 0 Å². The van der Waals surface area contributed by atoms with E-state index in [4.69, 9.17) is 9.47 Å². The minimum absolute atomic E-state index is 0.0205. The van der Waals surface area contributed by atoms with Crippen molar-refractivity contribution in [1.82, 2.24) is 0 Å². The number of rotatable bonds is 5. The van der Waals surface area contributed by atoms with Crippen LogP contribution in [0.25, 0.3) is 0 Å². The minimum atomic E-state index is -0.0205. The summed E-state index contributed by atoms with van der Waals surface area (Å²) >= 11 is 0. The first-order valence-corrected chi connectivity index (χ1v) is 4.60. The van der Waals surface area contributed by atoms with Crippen LogP contribution in [0, 0.1) is 0 Å². The van der Waals surface area contributed by atoms with Crippen LogP contribution >= 0.6 is 0 Å². The van der Waals surface area contributed by atoms with Crippen molar-refractivity contribution in [3.8, 4) is 0 Å². The first-order chi connectivity index (χ1) is 6.74. The Labute approximate surface area is 85.2 Å². The van der Waals surface area contributed by atoms with Gasteiger partial charge in [-0.1, -0.05) is 36.9 Å². The predicted molar refractivity (Wildman–Crippen MR) is 57.0 cm³/mol. The van der Waals surface area contributed by atoms with Gasteiger partial charge in [0, 0.05) is 7.11 Å². The molecule has 0 unspecified atom stereocenters. The van der Waals surface area contributed by atoms with Gasteiger partial charge in [0.05, 0.1) is 5.76 Å². The van der Waals surface area contributed by atoms with Crippen molar-refractivity contribution in [2.75, 3.05) is 13.7 Å². The van der Waals surface area contributed by atoms with Gasteiger partial charge in [-0.2, -0.15) is 0 Å². The van der Waals surface area contributed by atoms with Crippen LogP contribution in [0.3, 0.4) is 0 Å². The molecule has 0 aliphatic heterocycles. The number of methoxy groups -OCH3 is 1. The van der Waals surface area contributed by atoms with E-state index in [9.17, 15) is 0 Å². The fraction of sp³-hybridized carbons (Fsp3) is 0.333. The predicted octanol–water partition coefficient (Wildman–Crippen LogP) is 2.92. The molecule has 0 fully saturated rings. The zero-order valence-corrected chi connectivity index (χ0v) is 8.69. The molecule has 1 atom stereocenters. The normalized spacial score (nSPS) is 12.1. The van der Waals surface area contributed by atoms with Crippen LogP contribution < -0.4 is 0 Å². The standard InChI is InChI=1S/C12H16O2/c1-10(2)14-9-12(13-3)11-7-5-4-6-8-11/h4-8,12H,1,9H2,2-3H3/t12-/m1/s1. The highest BCUT2D eigenvalue weighted by Crippen LogP contribution is 2.17. The molecule has 0 bridgehead atoms. The highest BCUT2D eigenvalue weighted by molar-refractivity contribution is 5.17. The van der Waals surface area contributed by atoms with Crippen LogP contribution in [0.15, 0.2) is 42.7 Å². The molecule has 14 heavy (non-hydrogen) atoms. The average Bonchev–Trinajstić information content (AvgIpc) is 2.20. The summed E-state index contributed by atoms with van der Waals surface area (Å²) in [7, 11) is 1.68. The summed E-state index contributed by atoms with van der Waals surface area (Å²) in [5, 5.41) is 0. The highest BCUT2D eigenvalue weighted by Gasteiger charge is 2.09. The molecule has 0 heterocycles. The zero-order chi connectivity index (χ0) is 10.4. The number of benzene rings is 1. The quantitative estimate of drug-likeness (QED) is 0.668. The van der Waals surface area contributed by atoms with Gasteiger partial charge in [0.15, 0.2) is 0 Å². The van der Waals surface area contributed by atoms with Gasteiger partial charge in [-0.15, -0.1) is 0 Å². The van der Waals surface area contributed by atoms with E-state index in [0.29, 0.717) is 12.4 Å². The zero-order valence-electron chi connectivity index (χ0n) is 8.69. The van der Waals surface area contributed by atoms with Crippen LogP contribution in [-0.4, -0.2) is 13.7 Å². The van der Waals surface area contributed by atoms with Gasteiger partial charge in [0.1, 0.15) is 12.7 Å². The maximum Gasteiger partial charge on any atom is 0.118 e. The van der Waals surface area contributed by atoms with Gasteiger partial charge in [0.25, 0.3) is 0 Å². The van der Waals surface area contributed by atoms with Gasteiger partial charge in [-0.3, -0.25) is 0 Å². The van der Waals surface area contributed by atoms with Gasteiger partial charge < -0.3 is 9.47 Å². The SMILES string of the molecule is C=C(C)OC[C@@H](OC)c1ccccc1. The fourth-order valence-corrected chi connectivity index (χ4v) is 1.19. The molecule has 2 nitrogen and oxygen atoms in total. The molecule has 0 spiro atoms. The van der Waals surface area contributed by atoms with Crippen molar-refractivity contribution in [3.05, 3.63) is 48.2 Å². The lowest BCUT2D eigenvalue weighted by Crippen LogP contribution is -2.08. The van der Waals surface area contributed by atoms with E-state index in [-0.39, 0.29) is 6.10 Å². The number of ether oxygens (including phenoxy) is 2. The van der Waals surface area contributed by atoms with E-state index < -0.39 is 0 Å². The van der Waals surface area contributed by atoms with Crippen LogP contribution in [0.5, 0.6) is 0 Å². The van der Waals surface area contributed by atoms with Gasteiger partial charge in [-0.05, 0) is 12.5 Å². The van der Waals surface area contributed by atoms with Gasteiger partial charge >= 0.3 is 0 Å². The molecule has 1 aromatic rings. The molecule has 2 heteroatoms. The van der Waals surface area contributed by atoms with Crippen LogP contribution in [-0.2, 0) is 9.47 Å².